The molecule has 1 aliphatic heterocycles. The number of carbonyl (C=O) groups is 1. The van der Waals surface area contributed by atoms with Gasteiger partial charge in [-0.2, -0.15) is 10.5 Å². The molecule has 0 aromatic rings. The van der Waals surface area contributed by atoms with Crippen LogP contribution in [-0.2, 0) is 14.3 Å². The van der Waals surface area contributed by atoms with E-state index in [-0.39, 0.29) is 17.5 Å². The minimum absolute atomic E-state index is 0.0651. The van der Waals surface area contributed by atoms with Gasteiger partial charge in [-0.3, -0.25) is 4.79 Å². The fraction of sp³-hybridized carbons (Fsp3) is 0.588. The summed E-state index contributed by atoms with van der Waals surface area (Å²) in [4.78, 5) is 14.3. The molecule has 1 atom stereocenters. The smallest absolute Gasteiger partial charge is 0.309 e. The molecule has 0 aromatic carbocycles. The Bertz CT molecular complexity index is 573. The fourth-order valence-corrected chi connectivity index (χ4v) is 3.02. The van der Waals surface area contributed by atoms with Crippen molar-refractivity contribution in [3.05, 3.63) is 22.9 Å². The van der Waals surface area contributed by atoms with Gasteiger partial charge in [-0.25, -0.2) is 0 Å². The molecule has 1 aliphatic carbocycles. The van der Waals surface area contributed by atoms with Gasteiger partial charge in [0.1, 0.15) is 17.7 Å². The maximum Gasteiger partial charge on any atom is 0.309 e. The molecule has 0 spiro atoms. The lowest BCUT2D eigenvalue weighted by Gasteiger charge is -2.36. The monoisotopic (exact) mass is 315 g/mol. The quantitative estimate of drug-likeness (QED) is 0.582. The number of rotatable bonds is 4. The number of carbonyl (C=O) groups excluding carboxylic acids is 1. The van der Waals surface area contributed by atoms with Crippen LogP contribution in [0.1, 0.15) is 26.2 Å². The summed E-state index contributed by atoms with van der Waals surface area (Å²) in [5, 5.41) is 18.0. The summed E-state index contributed by atoms with van der Waals surface area (Å²) in [5.74, 6) is -0.403. The number of esters is 1. The van der Waals surface area contributed by atoms with Crippen LogP contribution in [0.25, 0.3) is 0 Å². The lowest BCUT2D eigenvalue weighted by molar-refractivity contribution is -0.148. The summed E-state index contributed by atoms with van der Waals surface area (Å²) in [7, 11) is 0. The minimum atomic E-state index is -0.204. The molecule has 0 amide bonds. The third kappa shape index (κ3) is 4.34. The predicted molar refractivity (Wildman–Crippen MR) is 82.7 cm³/mol. The molecule has 0 radical (unpaired) electrons. The summed E-state index contributed by atoms with van der Waals surface area (Å²) in [6.45, 7) is 5.09. The number of hydrogen-bond donors (Lipinski definition) is 0. The van der Waals surface area contributed by atoms with Crippen LogP contribution < -0.4 is 0 Å². The second-order valence-electron chi connectivity index (χ2n) is 5.54. The highest BCUT2D eigenvalue weighted by Crippen LogP contribution is 2.34. The molecule has 1 heterocycles. The van der Waals surface area contributed by atoms with E-state index in [2.05, 4.69) is 4.90 Å². The first kappa shape index (κ1) is 17.1. The number of allylic oxidation sites excluding steroid dienone is 4. The van der Waals surface area contributed by atoms with E-state index in [1.165, 1.54) is 0 Å². The van der Waals surface area contributed by atoms with E-state index in [4.69, 9.17) is 20.0 Å². The second-order valence-corrected chi connectivity index (χ2v) is 5.54. The first-order chi connectivity index (χ1) is 11.2. The normalized spacial score (nSPS) is 21.2. The number of nitrogens with zero attached hydrogens (tertiary/aromatic N) is 3. The molecule has 2 rings (SSSR count). The Morgan fingerprint density at radius 3 is 2.70 bits per heavy atom. The van der Waals surface area contributed by atoms with E-state index in [0.29, 0.717) is 26.2 Å². The van der Waals surface area contributed by atoms with Crippen LogP contribution in [0, 0.1) is 28.6 Å². The topological polar surface area (TPSA) is 86.3 Å². The third-order valence-electron chi connectivity index (χ3n) is 4.14. The summed E-state index contributed by atoms with van der Waals surface area (Å²) < 4.78 is 10.5. The van der Waals surface area contributed by atoms with Crippen molar-refractivity contribution < 1.29 is 14.3 Å². The Hall–Kier alpha value is -2.31. The number of nitriles is 2. The molecule has 6 heteroatoms. The zero-order valence-electron chi connectivity index (χ0n) is 13.4. The molecule has 0 bridgehead atoms. The van der Waals surface area contributed by atoms with E-state index < -0.39 is 0 Å². The van der Waals surface area contributed by atoms with Crippen molar-refractivity contribution in [1.29, 1.82) is 10.5 Å². The van der Waals surface area contributed by atoms with Crippen molar-refractivity contribution in [1.82, 2.24) is 4.90 Å². The van der Waals surface area contributed by atoms with Gasteiger partial charge in [0.25, 0.3) is 0 Å². The van der Waals surface area contributed by atoms with Gasteiger partial charge in [0.2, 0.25) is 0 Å². The van der Waals surface area contributed by atoms with Gasteiger partial charge in [-0.1, -0.05) is 0 Å². The Balaban J connectivity index is 2.28. The maximum atomic E-state index is 12.0. The molecule has 0 aromatic heterocycles. The van der Waals surface area contributed by atoms with Crippen LogP contribution in [0.2, 0.25) is 0 Å². The van der Waals surface area contributed by atoms with Crippen LogP contribution in [-0.4, -0.2) is 43.8 Å². The zero-order valence-corrected chi connectivity index (χ0v) is 13.4. The molecule has 23 heavy (non-hydrogen) atoms. The van der Waals surface area contributed by atoms with Crippen molar-refractivity contribution in [3.63, 3.8) is 0 Å². The highest BCUT2D eigenvalue weighted by Gasteiger charge is 2.29. The van der Waals surface area contributed by atoms with Crippen molar-refractivity contribution >= 4 is 5.97 Å². The van der Waals surface area contributed by atoms with Crippen molar-refractivity contribution in [2.75, 3.05) is 32.9 Å². The number of morpholine rings is 1. The first-order valence-electron chi connectivity index (χ1n) is 7.92. The average molecular weight is 315 g/mol. The highest BCUT2D eigenvalue weighted by atomic mass is 16.5. The van der Waals surface area contributed by atoms with Crippen LogP contribution in [0.4, 0.5) is 0 Å². The average Bonchev–Trinajstić information content (AvgIpc) is 2.60. The van der Waals surface area contributed by atoms with Crippen LogP contribution in [0.3, 0.4) is 0 Å². The Morgan fingerprint density at radius 1 is 1.39 bits per heavy atom. The molecular formula is C17H21N3O3. The Kier molecular flexibility index (Phi) is 6.19. The molecule has 1 saturated heterocycles. The number of ether oxygens (including phenoxy) is 2. The summed E-state index contributed by atoms with van der Waals surface area (Å²) >= 11 is 0. The van der Waals surface area contributed by atoms with Crippen LogP contribution in [0.5, 0.6) is 0 Å². The molecule has 2 aliphatic rings. The van der Waals surface area contributed by atoms with Gasteiger partial charge in [0.05, 0.1) is 25.7 Å². The van der Waals surface area contributed by atoms with Crippen LogP contribution >= 0.6 is 0 Å². The zero-order chi connectivity index (χ0) is 16.7. The maximum absolute atomic E-state index is 12.0. The predicted octanol–water partition coefficient (Wildman–Crippen LogP) is 1.91. The number of hydrogen-bond acceptors (Lipinski definition) is 6. The Morgan fingerprint density at radius 2 is 2.09 bits per heavy atom. The SMILES string of the molecule is CCOC(=O)C1CCC(N2CCOCC2)=C(C=C(C#N)C#N)C1. The lowest BCUT2D eigenvalue weighted by Crippen LogP contribution is -2.38. The van der Waals surface area contributed by atoms with Crippen LogP contribution in [0.15, 0.2) is 22.9 Å². The lowest BCUT2D eigenvalue weighted by atomic mass is 9.85. The first-order valence-corrected chi connectivity index (χ1v) is 7.92. The summed E-state index contributed by atoms with van der Waals surface area (Å²) in [6.07, 6.45) is 3.62. The molecule has 0 saturated carbocycles. The van der Waals surface area contributed by atoms with E-state index >= 15 is 0 Å². The fourth-order valence-electron chi connectivity index (χ4n) is 3.02. The molecule has 0 N–H and O–H groups in total. The summed E-state index contributed by atoms with van der Waals surface area (Å²) in [6, 6.07) is 3.80. The van der Waals surface area contributed by atoms with Gasteiger partial charge in [-0.05, 0) is 37.8 Å². The van der Waals surface area contributed by atoms with E-state index in [1.807, 2.05) is 12.1 Å². The van der Waals surface area contributed by atoms with Gasteiger partial charge < -0.3 is 14.4 Å². The molecule has 1 unspecified atom stereocenters. The van der Waals surface area contributed by atoms with Crippen molar-refractivity contribution in [2.24, 2.45) is 5.92 Å². The molecule has 1 fully saturated rings. The molecule has 6 nitrogen and oxygen atoms in total. The standard InChI is InChI=1S/C17H21N3O3/c1-2-23-17(21)14-3-4-16(20-5-7-22-8-6-20)15(10-14)9-13(11-18)12-19/h9,14H,2-8,10H2,1H3. The minimum Gasteiger partial charge on any atom is -0.466 e. The highest BCUT2D eigenvalue weighted by molar-refractivity contribution is 5.73. The van der Waals surface area contributed by atoms with E-state index in [0.717, 1.165) is 37.2 Å². The molecule has 122 valence electrons. The van der Waals surface area contributed by atoms with Gasteiger partial charge in [0, 0.05) is 18.8 Å². The van der Waals surface area contributed by atoms with Gasteiger partial charge in [0.15, 0.2) is 0 Å². The van der Waals surface area contributed by atoms with Crippen molar-refractivity contribution in [2.45, 2.75) is 26.2 Å². The largest absolute Gasteiger partial charge is 0.466 e. The second kappa shape index (κ2) is 8.36. The van der Waals surface area contributed by atoms with E-state index in [1.54, 1.807) is 13.0 Å². The van der Waals surface area contributed by atoms with Crippen molar-refractivity contribution in [3.8, 4) is 12.1 Å². The summed E-state index contributed by atoms with van der Waals surface area (Å²) in [5.41, 5.74) is 2.08. The Labute approximate surface area is 136 Å². The van der Waals surface area contributed by atoms with Gasteiger partial charge >= 0.3 is 5.97 Å². The van der Waals surface area contributed by atoms with E-state index in [9.17, 15) is 4.79 Å². The third-order valence-corrected chi connectivity index (χ3v) is 4.14. The van der Waals surface area contributed by atoms with Gasteiger partial charge in [-0.15, -0.1) is 0 Å². The molecular weight excluding hydrogens is 294 g/mol.